The Morgan fingerprint density at radius 2 is 1.81 bits per heavy atom. The zero-order valence-corrected chi connectivity index (χ0v) is 15.5. The van der Waals surface area contributed by atoms with E-state index in [1.54, 1.807) is 31.5 Å². The van der Waals surface area contributed by atoms with E-state index in [9.17, 15) is 9.18 Å². The van der Waals surface area contributed by atoms with Crippen molar-refractivity contribution in [2.75, 3.05) is 0 Å². The maximum atomic E-state index is 13.3. The molecule has 0 aliphatic carbocycles. The van der Waals surface area contributed by atoms with Crippen LogP contribution in [0.5, 0.6) is 5.75 Å². The van der Waals surface area contributed by atoms with Crippen LogP contribution in [-0.2, 0) is 11.8 Å². The summed E-state index contributed by atoms with van der Waals surface area (Å²) in [6.45, 7) is 3.68. The van der Waals surface area contributed by atoms with E-state index in [1.165, 1.54) is 12.1 Å². The van der Waals surface area contributed by atoms with Gasteiger partial charge in [0.25, 0.3) is 5.91 Å². The second-order valence-corrected chi connectivity index (χ2v) is 6.46. The average Bonchev–Trinajstić information content (AvgIpc) is 3.08. The molecule has 140 valence electrons. The van der Waals surface area contributed by atoms with Crippen molar-refractivity contribution >= 4 is 5.91 Å². The molecule has 5 nitrogen and oxygen atoms in total. The molecule has 2 aromatic carbocycles. The Morgan fingerprint density at radius 1 is 1.15 bits per heavy atom. The van der Waals surface area contributed by atoms with Crippen molar-refractivity contribution < 1.29 is 13.9 Å². The van der Waals surface area contributed by atoms with E-state index in [0.717, 1.165) is 11.1 Å². The molecule has 0 saturated carbocycles. The zero-order valence-electron chi connectivity index (χ0n) is 15.5. The molecule has 1 amide bonds. The van der Waals surface area contributed by atoms with Crippen molar-refractivity contribution in [1.82, 2.24) is 14.9 Å². The van der Waals surface area contributed by atoms with Gasteiger partial charge >= 0.3 is 0 Å². The van der Waals surface area contributed by atoms with Gasteiger partial charge in [0.05, 0.1) is 0 Å². The Kier molecular flexibility index (Phi) is 5.54. The Hall–Kier alpha value is -3.15. The molecule has 1 heterocycles. The molecular formula is C21H22FN3O2. The molecule has 0 radical (unpaired) electrons. The maximum absolute atomic E-state index is 13.3. The van der Waals surface area contributed by atoms with Crippen LogP contribution < -0.4 is 10.1 Å². The van der Waals surface area contributed by atoms with Crippen LogP contribution in [0.3, 0.4) is 0 Å². The van der Waals surface area contributed by atoms with Crippen LogP contribution in [0.4, 0.5) is 4.39 Å². The highest BCUT2D eigenvalue weighted by atomic mass is 19.1. The number of imidazole rings is 1. The fourth-order valence-corrected chi connectivity index (χ4v) is 2.74. The highest BCUT2D eigenvalue weighted by Gasteiger charge is 2.24. The molecule has 2 atom stereocenters. The monoisotopic (exact) mass is 367 g/mol. The van der Waals surface area contributed by atoms with E-state index < -0.39 is 12.1 Å². The van der Waals surface area contributed by atoms with Gasteiger partial charge in [-0.3, -0.25) is 4.79 Å². The van der Waals surface area contributed by atoms with Gasteiger partial charge in [0.2, 0.25) is 0 Å². The average molecular weight is 367 g/mol. The smallest absolute Gasteiger partial charge is 0.261 e. The number of aryl methyl sites for hydroxylation is 2. The third-order valence-electron chi connectivity index (χ3n) is 4.31. The van der Waals surface area contributed by atoms with E-state index in [-0.39, 0.29) is 11.7 Å². The quantitative estimate of drug-likeness (QED) is 0.725. The molecule has 27 heavy (non-hydrogen) atoms. The minimum Gasteiger partial charge on any atom is -0.481 e. The van der Waals surface area contributed by atoms with Crippen LogP contribution in [0.2, 0.25) is 0 Å². The molecule has 3 aromatic rings. The first-order valence-electron chi connectivity index (χ1n) is 8.70. The maximum Gasteiger partial charge on any atom is 0.261 e. The fraction of sp³-hybridized carbons (Fsp3) is 0.238. The van der Waals surface area contributed by atoms with Crippen molar-refractivity contribution in [3.8, 4) is 5.75 Å². The second kappa shape index (κ2) is 8.03. The first-order chi connectivity index (χ1) is 12.9. The molecule has 0 aliphatic heterocycles. The zero-order chi connectivity index (χ0) is 19.4. The molecule has 6 heteroatoms. The first-order valence-corrected chi connectivity index (χ1v) is 8.70. The summed E-state index contributed by atoms with van der Waals surface area (Å²) in [4.78, 5) is 17.1. The fourth-order valence-electron chi connectivity index (χ4n) is 2.74. The van der Waals surface area contributed by atoms with Crippen LogP contribution in [0.1, 0.15) is 29.9 Å². The molecule has 3 rings (SSSR count). The van der Waals surface area contributed by atoms with Gasteiger partial charge in [-0.05, 0) is 43.7 Å². The van der Waals surface area contributed by atoms with E-state index in [4.69, 9.17) is 4.74 Å². The summed E-state index contributed by atoms with van der Waals surface area (Å²) in [5.41, 5.74) is 1.85. The predicted octanol–water partition coefficient (Wildman–Crippen LogP) is 3.54. The van der Waals surface area contributed by atoms with Gasteiger partial charge in [-0.1, -0.05) is 29.8 Å². The molecule has 1 N–H and O–H groups in total. The number of ether oxygens (including phenoxy) is 1. The first kappa shape index (κ1) is 18.6. The number of carbonyl (C=O) groups is 1. The summed E-state index contributed by atoms with van der Waals surface area (Å²) < 4.78 is 20.9. The van der Waals surface area contributed by atoms with E-state index in [0.29, 0.717) is 11.6 Å². The minimum atomic E-state index is -0.698. The summed E-state index contributed by atoms with van der Waals surface area (Å²) >= 11 is 0. The number of nitrogens with zero attached hydrogens (tertiary/aromatic N) is 2. The van der Waals surface area contributed by atoms with Crippen LogP contribution in [0, 0.1) is 12.7 Å². The lowest BCUT2D eigenvalue weighted by Gasteiger charge is -2.22. The van der Waals surface area contributed by atoms with Crippen LogP contribution in [0.15, 0.2) is 60.9 Å². The number of hydrogen-bond acceptors (Lipinski definition) is 3. The van der Waals surface area contributed by atoms with Crippen LogP contribution in [0.25, 0.3) is 0 Å². The van der Waals surface area contributed by atoms with Gasteiger partial charge < -0.3 is 14.6 Å². The van der Waals surface area contributed by atoms with Gasteiger partial charge in [0, 0.05) is 19.4 Å². The number of amides is 1. The molecule has 1 aromatic heterocycles. The third-order valence-corrected chi connectivity index (χ3v) is 4.31. The SMILES string of the molecule is Cc1ccc(OC(C)C(=O)NC(c2ccc(F)cc2)c2nccn2C)cc1. The van der Waals surface area contributed by atoms with E-state index in [2.05, 4.69) is 10.3 Å². The molecule has 0 saturated heterocycles. The van der Waals surface area contributed by atoms with Crippen molar-refractivity contribution in [3.63, 3.8) is 0 Å². The molecule has 0 spiro atoms. The number of hydrogen-bond donors (Lipinski definition) is 1. The van der Waals surface area contributed by atoms with Crippen LogP contribution in [-0.4, -0.2) is 21.6 Å². The number of benzene rings is 2. The molecule has 0 fully saturated rings. The van der Waals surface area contributed by atoms with Crippen molar-refractivity contribution in [2.45, 2.75) is 26.0 Å². The third kappa shape index (κ3) is 4.53. The summed E-state index contributed by atoms with van der Waals surface area (Å²) in [6, 6.07) is 13.0. The highest BCUT2D eigenvalue weighted by Crippen LogP contribution is 2.21. The van der Waals surface area contributed by atoms with Crippen molar-refractivity contribution in [3.05, 3.63) is 83.7 Å². The van der Waals surface area contributed by atoms with Gasteiger partial charge in [0.1, 0.15) is 23.4 Å². The Labute approximate surface area is 157 Å². The lowest BCUT2D eigenvalue weighted by molar-refractivity contribution is -0.127. The normalized spacial score (nSPS) is 13.0. The number of carbonyl (C=O) groups excluding carboxylic acids is 1. The van der Waals surface area contributed by atoms with Gasteiger partial charge in [-0.25, -0.2) is 9.37 Å². The lowest BCUT2D eigenvalue weighted by atomic mass is 10.1. The second-order valence-electron chi connectivity index (χ2n) is 6.46. The Balaban J connectivity index is 1.78. The van der Waals surface area contributed by atoms with E-state index in [1.807, 2.05) is 42.8 Å². The van der Waals surface area contributed by atoms with Crippen molar-refractivity contribution in [2.24, 2.45) is 7.05 Å². The van der Waals surface area contributed by atoms with Gasteiger partial charge in [0.15, 0.2) is 6.10 Å². The highest BCUT2D eigenvalue weighted by molar-refractivity contribution is 5.81. The Bertz CT molecular complexity index is 904. The molecule has 0 bridgehead atoms. The summed E-state index contributed by atoms with van der Waals surface area (Å²) in [7, 11) is 1.84. The summed E-state index contributed by atoms with van der Waals surface area (Å²) in [6.07, 6.45) is 2.75. The number of aromatic nitrogens is 2. The summed E-state index contributed by atoms with van der Waals surface area (Å²) in [5, 5.41) is 2.96. The number of rotatable bonds is 6. The van der Waals surface area contributed by atoms with Crippen molar-refractivity contribution in [1.29, 1.82) is 0 Å². The van der Waals surface area contributed by atoms with Crippen LogP contribution >= 0.6 is 0 Å². The molecule has 0 aliphatic rings. The lowest BCUT2D eigenvalue weighted by Crippen LogP contribution is -2.39. The van der Waals surface area contributed by atoms with Gasteiger partial charge in [-0.2, -0.15) is 0 Å². The predicted molar refractivity (Wildman–Crippen MR) is 101 cm³/mol. The largest absolute Gasteiger partial charge is 0.481 e. The standard InChI is InChI=1S/C21H22FN3O2/c1-14-4-10-18(11-5-14)27-15(2)21(26)24-19(20-23-12-13-25(20)3)16-6-8-17(22)9-7-16/h4-13,15,19H,1-3H3,(H,24,26). The minimum absolute atomic E-state index is 0.284. The van der Waals surface area contributed by atoms with E-state index >= 15 is 0 Å². The Morgan fingerprint density at radius 3 is 2.41 bits per heavy atom. The van der Waals surface area contributed by atoms with Gasteiger partial charge in [-0.15, -0.1) is 0 Å². The number of halogens is 1. The number of nitrogens with one attached hydrogen (secondary N) is 1. The molecule has 2 unspecified atom stereocenters. The molecular weight excluding hydrogens is 345 g/mol. The summed E-state index contributed by atoms with van der Waals surface area (Å²) in [5.74, 6) is 0.656. The topological polar surface area (TPSA) is 56.1 Å².